The van der Waals surface area contributed by atoms with Crippen LogP contribution in [0.4, 0.5) is 4.39 Å². The van der Waals surface area contributed by atoms with Crippen LogP contribution in [0.5, 0.6) is 0 Å². The van der Waals surface area contributed by atoms with E-state index in [9.17, 15) is 9.18 Å². The molecule has 120 valence electrons. The first-order chi connectivity index (χ1) is 12.2. The lowest BCUT2D eigenvalue weighted by Crippen LogP contribution is -2.23. The van der Waals surface area contributed by atoms with Gasteiger partial charge in [-0.1, -0.05) is 66.6 Å². The predicted molar refractivity (Wildman–Crippen MR) is 96.1 cm³/mol. The second-order valence-corrected chi connectivity index (χ2v) is 6.18. The Morgan fingerprint density at radius 2 is 1.36 bits per heavy atom. The lowest BCUT2D eigenvalue weighted by atomic mass is 9.70. The maximum Gasteiger partial charge on any atom is 0.193 e. The van der Waals surface area contributed by atoms with Crippen LogP contribution >= 0.6 is 0 Å². The van der Waals surface area contributed by atoms with Gasteiger partial charge in [-0.15, -0.1) is 6.42 Å². The highest BCUT2D eigenvalue weighted by atomic mass is 19.1. The van der Waals surface area contributed by atoms with Crippen LogP contribution in [0.3, 0.4) is 0 Å². The minimum atomic E-state index is -0.292. The fraction of sp³-hybridized carbons (Fsp3) is 0.0870. The first-order valence-corrected chi connectivity index (χ1v) is 8.15. The molecule has 25 heavy (non-hydrogen) atoms. The molecule has 3 aromatic carbocycles. The Hall–Kier alpha value is -3.18. The third-order valence-electron chi connectivity index (χ3n) is 4.82. The van der Waals surface area contributed by atoms with Crippen LogP contribution in [0.25, 0.3) is 0 Å². The van der Waals surface area contributed by atoms with E-state index in [2.05, 4.69) is 5.92 Å². The normalized spacial score (nSPS) is 14.3. The van der Waals surface area contributed by atoms with Gasteiger partial charge in [0.1, 0.15) is 5.82 Å². The van der Waals surface area contributed by atoms with Crippen molar-refractivity contribution < 1.29 is 9.18 Å². The number of carbonyl (C=O) groups is 1. The van der Waals surface area contributed by atoms with E-state index < -0.39 is 0 Å². The average Bonchev–Trinajstić information content (AvgIpc) is 2.66. The summed E-state index contributed by atoms with van der Waals surface area (Å²) in [6, 6.07) is 21.5. The first-order valence-electron chi connectivity index (χ1n) is 8.15. The average molecular weight is 326 g/mol. The number of terminal acetylenes is 1. The van der Waals surface area contributed by atoms with Gasteiger partial charge in [0.2, 0.25) is 0 Å². The van der Waals surface area contributed by atoms with Crippen molar-refractivity contribution in [3.63, 3.8) is 0 Å². The van der Waals surface area contributed by atoms with Crippen LogP contribution in [-0.2, 0) is 0 Å². The summed E-state index contributed by atoms with van der Waals surface area (Å²) in [4.78, 5) is 12.8. The van der Waals surface area contributed by atoms with Gasteiger partial charge in [-0.2, -0.15) is 0 Å². The van der Waals surface area contributed by atoms with Crippen LogP contribution in [0, 0.1) is 18.2 Å². The topological polar surface area (TPSA) is 17.1 Å². The number of hydrogen-bond acceptors (Lipinski definition) is 1. The Balaban J connectivity index is 1.95. The van der Waals surface area contributed by atoms with E-state index in [-0.39, 0.29) is 23.4 Å². The van der Waals surface area contributed by atoms with E-state index in [0.29, 0.717) is 11.1 Å². The van der Waals surface area contributed by atoms with E-state index >= 15 is 0 Å². The number of fused-ring (bicyclic) bond motifs is 2. The zero-order chi connectivity index (χ0) is 17.4. The molecule has 0 fully saturated rings. The fourth-order valence-electron chi connectivity index (χ4n) is 3.68. The fourth-order valence-corrected chi connectivity index (χ4v) is 3.68. The van der Waals surface area contributed by atoms with Gasteiger partial charge in [0.05, 0.1) is 5.92 Å². The summed E-state index contributed by atoms with van der Waals surface area (Å²) in [6.07, 6.45) is 5.89. The minimum Gasteiger partial charge on any atom is -0.289 e. The Kier molecular flexibility index (Phi) is 3.71. The van der Waals surface area contributed by atoms with Gasteiger partial charge < -0.3 is 0 Å². The van der Waals surface area contributed by atoms with Crippen molar-refractivity contribution >= 4 is 5.78 Å². The molecule has 0 unspecified atom stereocenters. The van der Waals surface area contributed by atoms with Crippen molar-refractivity contribution in [1.82, 2.24) is 0 Å². The summed E-state index contributed by atoms with van der Waals surface area (Å²) in [5.74, 6) is 2.18. The number of benzene rings is 3. The molecule has 0 saturated carbocycles. The van der Waals surface area contributed by atoms with Gasteiger partial charge in [0, 0.05) is 17.0 Å². The second kappa shape index (κ2) is 6.03. The van der Waals surface area contributed by atoms with Crippen LogP contribution < -0.4 is 0 Å². The zero-order valence-corrected chi connectivity index (χ0v) is 13.4. The van der Waals surface area contributed by atoms with Crippen LogP contribution in [0.1, 0.15) is 44.4 Å². The molecular weight excluding hydrogens is 311 g/mol. The summed E-state index contributed by atoms with van der Waals surface area (Å²) in [6.45, 7) is 0. The second-order valence-electron chi connectivity index (χ2n) is 6.18. The van der Waals surface area contributed by atoms with Crippen molar-refractivity contribution in [1.29, 1.82) is 0 Å². The Labute approximate surface area is 146 Å². The number of hydrogen-bond donors (Lipinski definition) is 0. The lowest BCUT2D eigenvalue weighted by Gasteiger charge is -2.31. The number of halogens is 1. The van der Waals surface area contributed by atoms with E-state index in [1.807, 2.05) is 48.5 Å². The van der Waals surface area contributed by atoms with Crippen LogP contribution in [0.2, 0.25) is 0 Å². The molecule has 3 aromatic rings. The van der Waals surface area contributed by atoms with E-state index in [1.54, 1.807) is 12.1 Å². The van der Waals surface area contributed by atoms with Gasteiger partial charge in [0.25, 0.3) is 0 Å². The molecule has 1 nitrogen and oxygen atoms in total. The highest BCUT2D eigenvalue weighted by Crippen LogP contribution is 2.44. The molecule has 0 N–H and O–H groups in total. The van der Waals surface area contributed by atoms with Gasteiger partial charge >= 0.3 is 0 Å². The quantitative estimate of drug-likeness (QED) is 0.611. The van der Waals surface area contributed by atoms with E-state index in [4.69, 9.17) is 6.42 Å². The summed E-state index contributed by atoms with van der Waals surface area (Å²) < 4.78 is 13.3. The summed E-state index contributed by atoms with van der Waals surface area (Å²) in [5, 5.41) is 0. The lowest BCUT2D eigenvalue weighted by molar-refractivity contribution is 0.103. The predicted octanol–water partition coefficient (Wildman–Crippen LogP) is 4.92. The Morgan fingerprint density at radius 3 is 1.88 bits per heavy atom. The molecule has 2 heteroatoms. The van der Waals surface area contributed by atoms with Crippen molar-refractivity contribution in [2.45, 2.75) is 11.8 Å². The molecule has 0 bridgehead atoms. The van der Waals surface area contributed by atoms with Gasteiger partial charge in [-0.25, -0.2) is 4.39 Å². The molecule has 0 heterocycles. The number of rotatable bonds is 2. The largest absolute Gasteiger partial charge is 0.289 e. The van der Waals surface area contributed by atoms with Crippen molar-refractivity contribution in [3.05, 3.63) is 106 Å². The number of carbonyl (C=O) groups excluding carboxylic acids is 1. The van der Waals surface area contributed by atoms with Crippen LogP contribution in [0.15, 0.2) is 72.8 Å². The van der Waals surface area contributed by atoms with Crippen LogP contribution in [-0.4, -0.2) is 5.78 Å². The minimum absolute atomic E-state index is 0.0253. The van der Waals surface area contributed by atoms with Gasteiger partial charge in [-0.05, 0) is 28.8 Å². The molecule has 1 atom stereocenters. The van der Waals surface area contributed by atoms with Gasteiger partial charge in [0.15, 0.2) is 5.78 Å². The van der Waals surface area contributed by atoms with Crippen molar-refractivity contribution in [2.24, 2.45) is 0 Å². The summed E-state index contributed by atoms with van der Waals surface area (Å²) in [5.41, 5.74) is 4.10. The Morgan fingerprint density at radius 1 is 0.840 bits per heavy atom. The highest BCUT2D eigenvalue weighted by molar-refractivity contribution is 6.12. The van der Waals surface area contributed by atoms with Crippen molar-refractivity contribution in [2.75, 3.05) is 0 Å². The molecule has 0 spiro atoms. The standard InChI is InChI=1S/C23H15FO/c1-2-17(15-11-13-16(24)14-12-15)22-18-7-3-5-9-20(18)23(25)21-10-6-4-8-19(21)22/h1,3-14,17,22H/t17-/m0/s1. The maximum absolute atomic E-state index is 13.3. The molecule has 0 radical (unpaired) electrons. The molecule has 0 aliphatic heterocycles. The maximum atomic E-state index is 13.3. The molecule has 0 amide bonds. The SMILES string of the molecule is C#C[C@@H](c1ccc(F)cc1)C1c2ccccc2C(=O)c2ccccc21. The Bertz CT molecular complexity index is 946. The van der Waals surface area contributed by atoms with Crippen molar-refractivity contribution in [3.8, 4) is 12.3 Å². The summed E-state index contributed by atoms with van der Waals surface area (Å²) >= 11 is 0. The monoisotopic (exact) mass is 326 g/mol. The molecule has 1 aliphatic carbocycles. The molecule has 4 rings (SSSR count). The highest BCUT2D eigenvalue weighted by Gasteiger charge is 2.35. The third-order valence-corrected chi connectivity index (χ3v) is 4.82. The van der Waals surface area contributed by atoms with E-state index in [1.165, 1.54) is 12.1 Å². The zero-order valence-electron chi connectivity index (χ0n) is 13.4. The molecule has 0 aromatic heterocycles. The summed E-state index contributed by atoms with van der Waals surface area (Å²) in [7, 11) is 0. The molecular formula is C23H15FO. The molecule has 1 aliphatic rings. The number of ketones is 1. The third kappa shape index (κ3) is 2.45. The van der Waals surface area contributed by atoms with Gasteiger partial charge in [-0.3, -0.25) is 4.79 Å². The molecule has 0 saturated heterocycles. The first kappa shape index (κ1) is 15.4. The van der Waals surface area contributed by atoms with E-state index in [0.717, 1.165) is 16.7 Å². The smallest absolute Gasteiger partial charge is 0.193 e.